The van der Waals surface area contributed by atoms with Crippen molar-refractivity contribution in [3.63, 3.8) is 0 Å². The molecule has 3 rings (SSSR count). The highest BCUT2D eigenvalue weighted by Gasteiger charge is 2.21. The second kappa shape index (κ2) is 4.35. The van der Waals surface area contributed by atoms with Crippen molar-refractivity contribution >= 4 is 35.7 Å². The molecule has 0 saturated heterocycles. The van der Waals surface area contributed by atoms with Gasteiger partial charge in [-0.05, 0) is 28.7 Å². The molecule has 2 aromatic carbocycles. The third-order valence-corrected chi connectivity index (χ3v) is 3.56. The van der Waals surface area contributed by atoms with Gasteiger partial charge in [-0.3, -0.25) is 0 Å². The molecular formula is C13H11BOS2. The van der Waals surface area contributed by atoms with Crippen molar-refractivity contribution in [2.45, 2.75) is 6.42 Å². The summed E-state index contributed by atoms with van der Waals surface area (Å²) in [5.41, 5.74) is 3.54. The molecule has 0 saturated carbocycles. The van der Waals surface area contributed by atoms with Gasteiger partial charge in [-0.1, -0.05) is 30.3 Å². The van der Waals surface area contributed by atoms with Crippen molar-refractivity contribution in [2.75, 3.05) is 0 Å². The molecule has 0 N–H and O–H groups in total. The van der Waals surface area contributed by atoms with Gasteiger partial charge in [-0.25, -0.2) is 25.0 Å². The summed E-state index contributed by atoms with van der Waals surface area (Å²) in [6.07, 6.45) is 0.888. The van der Waals surface area contributed by atoms with Crippen molar-refractivity contribution in [1.82, 2.24) is 0 Å². The molecule has 0 aromatic heterocycles. The monoisotopic (exact) mass is 258 g/mol. The minimum absolute atomic E-state index is 0.0705. The lowest BCUT2D eigenvalue weighted by atomic mass is 9.83. The summed E-state index contributed by atoms with van der Waals surface area (Å²) >= 11 is 8.80. The van der Waals surface area contributed by atoms with E-state index >= 15 is 0 Å². The summed E-state index contributed by atoms with van der Waals surface area (Å²) in [7, 11) is 0. The highest BCUT2D eigenvalue weighted by molar-refractivity contribution is 8.42. The zero-order valence-electron chi connectivity index (χ0n) is 9.13. The van der Waals surface area contributed by atoms with Crippen LogP contribution in [0, 0.1) is 0 Å². The van der Waals surface area contributed by atoms with E-state index < -0.39 is 0 Å². The van der Waals surface area contributed by atoms with E-state index in [1.807, 2.05) is 30.3 Å². The second-order valence-corrected chi connectivity index (χ2v) is 5.52. The topological polar surface area (TPSA) is 9.23 Å². The summed E-state index contributed by atoms with van der Waals surface area (Å²) in [5.74, 6) is 1.88. The van der Waals surface area contributed by atoms with Gasteiger partial charge in [0, 0.05) is 6.42 Å². The van der Waals surface area contributed by atoms with Gasteiger partial charge in [-0.2, -0.15) is 0 Å². The Kier molecular flexibility index (Phi) is 2.85. The van der Waals surface area contributed by atoms with E-state index in [1.165, 1.54) is 11.1 Å². The SMILES string of the molecule is SB(S)c1cccc2c1Cc1ccccc1O2. The minimum atomic E-state index is -0.0705. The molecule has 0 amide bonds. The van der Waals surface area contributed by atoms with E-state index in [2.05, 4.69) is 37.1 Å². The van der Waals surface area contributed by atoms with Gasteiger partial charge in [-0.15, -0.1) is 0 Å². The maximum Gasteiger partial charge on any atom is 0.301 e. The van der Waals surface area contributed by atoms with E-state index in [4.69, 9.17) is 4.74 Å². The summed E-state index contributed by atoms with van der Waals surface area (Å²) in [6, 6.07) is 14.2. The molecule has 1 aliphatic rings. The summed E-state index contributed by atoms with van der Waals surface area (Å²) in [4.78, 5) is 0. The highest BCUT2D eigenvalue weighted by atomic mass is 32.2. The fourth-order valence-electron chi connectivity index (χ4n) is 2.17. The van der Waals surface area contributed by atoms with Crippen LogP contribution in [0.5, 0.6) is 11.5 Å². The molecule has 1 nitrogen and oxygen atoms in total. The van der Waals surface area contributed by atoms with E-state index in [-0.39, 0.29) is 5.27 Å². The number of benzene rings is 2. The first-order valence-corrected chi connectivity index (χ1v) is 6.52. The first kappa shape index (κ1) is 11.1. The molecule has 0 aliphatic carbocycles. The highest BCUT2D eigenvalue weighted by Crippen LogP contribution is 2.35. The van der Waals surface area contributed by atoms with Crippen LogP contribution >= 0.6 is 25.0 Å². The lowest BCUT2D eigenvalue weighted by Gasteiger charge is -2.22. The number of para-hydroxylation sites is 1. The molecular weight excluding hydrogens is 247 g/mol. The Hall–Kier alpha value is -0.995. The normalized spacial score (nSPS) is 12.4. The van der Waals surface area contributed by atoms with Crippen LogP contribution in [0.15, 0.2) is 42.5 Å². The number of ether oxygens (including phenoxy) is 1. The van der Waals surface area contributed by atoms with Crippen molar-refractivity contribution < 1.29 is 4.74 Å². The van der Waals surface area contributed by atoms with Crippen LogP contribution in [-0.2, 0) is 6.42 Å². The smallest absolute Gasteiger partial charge is 0.301 e. The average molecular weight is 258 g/mol. The third kappa shape index (κ3) is 1.96. The molecule has 4 heteroatoms. The maximum absolute atomic E-state index is 5.90. The van der Waals surface area contributed by atoms with Crippen LogP contribution in [0.4, 0.5) is 0 Å². The number of rotatable bonds is 1. The maximum atomic E-state index is 5.90. The van der Waals surface area contributed by atoms with Crippen LogP contribution < -0.4 is 10.2 Å². The van der Waals surface area contributed by atoms with Crippen LogP contribution in [0.25, 0.3) is 0 Å². The quantitative estimate of drug-likeness (QED) is 0.504. The molecule has 0 spiro atoms. The van der Waals surface area contributed by atoms with Crippen molar-refractivity contribution in [2.24, 2.45) is 0 Å². The zero-order valence-corrected chi connectivity index (χ0v) is 10.9. The zero-order chi connectivity index (χ0) is 11.8. The van der Waals surface area contributed by atoms with Gasteiger partial charge in [0.2, 0.25) is 0 Å². The van der Waals surface area contributed by atoms with Crippen LogP contribution in [-0.4, -0.2) is 5.27 Å². The predicted molar refractivity (Wildman–Crippen MR) is 79.1 cm³/mol. The number of fused-ring (bicyclic) bond motifs is 2. The second-order valence-electron chi connectivity index (χ2n) is 4.08. The summed E-state index contributed by atoms with van der Waals surface area (Å²) in [6.45, 7) is 0. The number of thiol groups is 2. The van der Waals surface area contributed by atoms with E-state index in [0.29, 0.717) is 0 Å². The Morgan fingerprint density at radius 3 is 2.53 bits per heavy atom. The van der Waals surface area contributed by atoms with Crippen LogP contribution in [0.3, 0.4) is 0 Å². The van der Waals surface area contributed by atoms with Gasteiger partial charge in [0.15, 0.2) is 0 Å². The van der Waals surface area contributed by atoms with Crippen molar-refractivity contribution in [1.29, 1.82) is 0 Å². The van der Waals surface area contributed by atoms with Gasteiger partial charge in [0.1, 0.15) is 11.5 Å². The minimum Gasteiger partial charge on any atom is -0.457 e. The van der Waals surface area contributed by atoms with Gasteiger partial charge in [0.05, 0.1) is 0 Å². The van der Waals surface area contributed by atoms with E-state index in [0.717, 1.165) is 23.4 Å². The fourth-order valence-corrected chi connectivity index (χ4v) is 2.65. The summed E-state index contributed by atoms with van der Waals surface area (Å²) in [5, 5.41) is -0.0705. The molecule has 2 aromatic rings. The number of hydrogen-bond acceptors (Lipinski definition) is 3. The molecule has 0 unspecified atom stereocenters. The molecule has 0 radical (unpaired) electrons. The largest absolute Gasteiger partial charge is 0.457 e. The van der Waals surface area contributed by atoms with E-state index in [9.17, 15) is 0 Å². The Morgan fingerprint density at radius 1 is 0.941 bits per heavy atom. The molecule has 0 atom stereocenters. The standard InChI is InChI=1S/C13H11BOS2/c16-14(17)11-5-3-7-13-10(11)8-9-4-1-2-6-12(9)15-13/h1-7,16-17H,8H2. The van der Waals surface area contributed by atoms with Crippen LogP contribution in [0.1, 0.15) is 11.1 Å². The molecule has 17 heavy (non-hydrogen) atoms. The third-order valence-electron chi connectivity index (χ3n) is 3.01. The summed E-state index contributed by atoms with van der Waals surface area (Å²) < 4.78 is 5.90. The van der Waals surface area contributed by atoms with E-state index in [1.54, 1.807) is 0 Å². The first-order valence-electron chi connectivity index (χ1n) is 5.49. The Bertz CT molecular complexity index is 569. The first-order chi connectivity index (χ1) is 8.25. The van der Waals surface area contributed by atoms with Crippen molar-refractivity contribution in [3.8, 4) is 11.5 Å². The van der Waals surface area contributed by atoms with Gasteiger partial charge >= 0.3 is 5.27 Å². The van der Waals surface area contributed by atoms with Crippen molar-refractivity contribution in [3.05, 3.63) is 53.6 Å². The Morgan fingerprint density at radius 2 is 1.71 bits per heavy atom. The lowest BCUT2D eigenvalue weighted by Crippen LogP contribution is -2.25. The Balaban J connectivity index is 2.12. The molecule has 0 bridgehead atoms. The van der Waals surface area contributed by atoms with Crippen LogP contribution in [0.2, 0.25) is 0 Å². The lowest BCUT2D eigenvalue weighted by molar-refractivity contribution is 0.461. The molecule has 1 heterocycles. The number of hydrogen-bond donors (Lipinski definition) is 2. The molecule has 84 valence electrons. The molecule has 0 fully saturated rings. The van der Waals surface area contributed by atoms with Gasteiger partial charge < -0.3 is 4.74 Å². The average Bonchev–Trinajstić information content (AvgIpc) is 2.35. The molecule has 1 aliphatic heterocycles. The van der Waals surface area contributed by atoms with Gasteiger partial charge in [0.25, 0.3) is 0 Å². The predicted octanol–water partition coefficient (Wildman–Crippen LogP) is 2.94. The fraction of sp³-hybridized carbons (Fsp3) is 0.0769. The Labute approximate surface area is 112 Å².